The molecular formula is C26H32F2N4O3. The zero-order valence-electron chi connectivity index (χ0n) is 19.8. The van der Waals surface area contributed by atoms with Gasteiger partial charge in [0.1, 0.15) is 11.6 Å². The Balaban J connectivity index is 1.30. The molecule has 0 spiro atoms. The minimum absolute atomic E-state index is 0.00538. The van der Waals surface area contributed by atoms with Gasteiger partial charge in [-0.2, -0.15) is 0 Å². The number of hydrogen-bond acceptors (Lipinski definition) is 5. The number of amides is 2. The first kappa shape index (κ1) is 23.9. The number of benzene rings is 1. The van der Waals surface area contributed by atoms with E-state index in [1.807, 2.05) is 4.90 Å². The van der Waals surface area contributed by atoms with Crippen LogP contribution in [0.4, 0.5) is 8.78 Å². The number of carbonyl (C=O) groups excluding carboxylic acids is 2. The largest absolute Gasteiger partial charge is 0.355 e. The molecule has 0 unspecified atom stereocenters. The van der Waals surface area contributed by atoms with E-state index in [-0.39, 0.29) is 34.9 Å². The Morgan fingerprint density at radius 3 is 2.49 bits per heavy atom. The number of rotatable bonds is 5. The third-order valence-electron chi connectivity index (χ3n) is 7.73. The van der Waals surface area contributed by atoms with Crippen LogP contribution in [0.3, 0.4) is 0 Å². The summed E-state index contributed by atoms with van der Waals surface area (Å²) in [7, 11) is 0. The molecule has 9 heteroatoms. The average molecular weight is 487 g/mol. The topological polar surface area (TPSA) is 78.7 Å². The quantitative estimate of drug-likeness (QED) is 0.691. The Morgan fingerprint density at radius 2 is 1.74 bits per heavy atom. The lowest BCUT2D eigenvalue weighted by Crippen LogP contribution is -2.58. The number of nitrogens with zero attached hydrogens (tertiary/aromatic N) is 3. The number of nitrogens with one attached hydrogen (secondary N) is 1. The molecule has 1 aromatic heterocycles. The monoisotopic (exact) mass is 486 g/mol. The smallest absolute Gasteiger partial charge is 0.273 e. The predicted molar refractivity (Wildman–Crippen MR) is 125 cm³/mol. The highest BCUT2D eigenvalue weighted by Crippen LogP contribution is 2.30. The molecule has 35 heavy (non-hydrogen) atoms. The lowest BCUT2D eigenvalue weighted by atomic mass is 9.86. The zero-order chi connectivity index (χ0) is 24.4. The van der Waals surface area contributed by atoms with Crippen molar-refractivity contribution in [3.8, 4) is 11.3 Å². The van der Waals surface area contributed by atoms with E-state index in [4.69, 9.17) is 4.52 Å². The van der Waals surface area contributed by atoms with Crippen LogP contribution in [0.1, 0.15) is 61.9 Å². The van der Waals surface area contributed by atoms with Crippen molar-refractivity contribution in [1.29, 1.82) is 0 Å². The predicted octanol–water partition coefficient (Wildman–Crippen LogP) is 4.00. The van der Waals surface area contributed by atoms with Crippen molar-refractivity contribution < 1.29 is 22.9 Å². The summed E-state index contributed by atoms with van der Waals surface area (Å²) in [6.45, 7) is 3.03. The molecule has 2 saturated heterocycles. The summed E-state index contributed by atoms with van der Waals surface area (Å²) in [5, 5.41) is 6.82. The second-order valence-electron chi connectivity index (χ2n) is 9.99. The normalized spacial score (nSPS) is 24.0. The Labute approximate surface area is 203 Å². The van der Waals surface area contributed by atoms with Crippen molar-refractivity contribution in [1.82, 2.24) is 20.3 Å². The van der Waals surface area contributed by atoms with E-state index in [1.54, 1.807) is 0 Å². The summed E-state index contributed by atoms with van der Waals surface area (Å²) < 4.78 is 32.5. The maximum absolute atomic E-state index is 14.1. The fraction of sp³-hybridized carbons (Fsp3) is 0.577. The molecule has 1 N–H and O–H groups in total. The number of halogens is 2. The fourth-order valence-corrected chi connectivity index (χ4v) is 5.79. The molecule has 188 valence electrons. The molecule has 3 heterocycles. The molecule has 0 radical (unpaired) electrons. The highest BCUT2D eigenvalue weighted by Gasteiger charge is 2.40. The molecule has 1 aliphatic carbocycles. The lowest BCUT2D eigenvalue weighted by Gasteiger charge is -2.43. The molecule has 0 bridgehead atoms. The molecule has 2 atom stereocenters. The van der Waals surface area contributed by atoms with Crippen LogP contribution in [0.15, 0.2) is 28.8 Å². The number of carbonyl (C=O) groups is 2. The van der Waals surface area contributed by atoms with Gasteiger partial charge in [-0.1, -0.05) is 24.4 Å². The van der Waals surface area contributed by atoms with E-state index in [2.05, 4.69) is 15.4 Å². The average Bonchev–Trinajstić information content (AvgIpc) is 3.57. The van der Waals surface area contributed by atoms with Crippen molar-refractivity contribution in [3.63, 3.8) is 0 Å². The molecule has 2 amide bonds. The molecule has 3 aliphatic rings. The van der Waals surface area contributed by atoms with Gasteiger partial charge in [-0.25, -0.2) is 8.78 Å². The Bertz CT molecular complexity index is 1060. The van der Waals surface area contributed by atoms with Gasteiger partial charge in [0.2, 0.25) is 5.91 Å². The SMILES string of the molecule is O=C(N[C@@H]1CCN(C2CCCCC2)C[C@H]1C(=O)N1CCCC1)c1cc(-c2ccc(F)cc2F)on1. The lowest BCUT2D eigenvalue weighted by molar-refractivity contribution is -0.137. The van der Waals surface area contributed by atoms with Gasteiger partial charge in [0.15, 0.2) is 11.5 Å². The minimum atomic E-state index is -0.792. The zero-order valence-corrected chi connectivity index (χ0v) is 19.8. The van der Waals surface area contributed by atoms with Gasteiger partial charge in [-0.3, -0.25) is 14.5 Å². The molecule has 7 nitrogen and oxygen atoms in total. The third kappa shape index (κ3) is 5.24. The molecule has 2 aromatic rings. The second-order valence-corrected chi connectivity index (χ2v) is 9.99. The van der Waals surface area contributed by atoms with Gasteiger partial charge in [0.05, 0.1) is 11.5 Å². The van der Waals surface area contributed by atoms with Crippen molar-refractivity contribution in [3.05, 3.63) is 41.6 Å². The van der Waals surface area contributed by atoms with Crippen LogP contribution in [-0.2, 0) is 4.79 Å². The van der Waals surface area contributed by atoms with Gasteiger partial charge in [0.25, 0.3) is 5.91 Å². The van der Waals surface area contributed by atoms with E-state index < -0.39 is 17.5 Å². The number of piperidine rings is 1. The first-order valence-corrected chi connectivity index (χ1v) is 12.8. The van der Waals surface area contributed by atoms with Gasteiger partial charge in [0, 0.05) is 50.4 Å². The van der Waals surface area contributed by atoms with Crippen LogP contribution in [0.5, 0.6) is 0 Å². The summed E-state index contributed by atoms with van der Waals surface area (Å²) >= 11 is 0. The highest BCUT2D eigenvalue weighted by atomic mass is 19.1. The van der Waals surface area contributed by atoms with Crippen molar-refractivity contribution >= 4 is 11.8 Å². The third-order valence-corrected chi connectivity index (χ3v) is 7.73. The van der Waals surface area contributed by atoms with Crippen LogP contribution in [0.25, 0.3) is 11.3 Å². The van der Waals surface area contributed by atoms with E-state index >= 15 is 0 Å². The van der Waals surface area contributed by atoms with E-state index in [0.717, 1.165) is 44.6 Å². The fourth-order valence-electron chi connectivity index (χ4n) is 5.79. The summed E-state index contributed by atoms with van der Waals surface area (Å²) in [6.07, 6.45) is 8.80. The van der Waals surface area contributed by atoms with Crippen LogP contribution in [-0.4, -0.2) is 65.0 Å². The first-order valence-electron chi connectivity index (χ1n) is 12.8. The van der Waals surface area contributed by atoms with Crippen molar-refractivity contribution in [2.24, 2.45) is 5.92 Å². The molecule has 5 rings (SSSR count). The molecule has 1 aromatic carbocycles. The van der Waals surface area contributed by atoms with Gasteiger partial charge in [-0.15, -0.1) is 0 Å². The second kappa shape index (κ2) is 10.4. The molecule has 3 fully saturated rings. The van der Waals surface area contributed by atoms with Gasteiger partial charge < -0.3 is 14.7 Å². The van der Waals surface area contributed by atoms with Crippen molar-refractivity contribution in [2.45, 2.75) is 63.5 Å². The standard InChI is InChI=1S/C26H32F2N4O3/c27-17-8-9-19(21(28)14-17)24-15-23(30-35-24)25(33)29-22-10-13-32(18-6-2-1-3-7-18)16-20(22)26(34)31-11-4-5-12-31/h8-9,14-15,18,20,22H,1-7,10-13,16H2,(H,29,33)/t20-,22-/m1/s1. The maximum atomic E-state index is 14.1. The Morgan fingerprint density at radius 1 is 0.971 bits per heavy atom. The first-order chi connectivity index (χ1) is 17.0. The van der Waals surface area contributed by atoms with E-state index in [0.29, 0.717) is 19.0 Å². The van der Waals surface area contributed by atoms with Crippen LogP contribution in [0, 0.1) is 17.6 Å². The number of likely N-dealkylation sites (tertiary alicyclic amines) is 2. The molecular weight excluding hydrogens is 454 g/mol. The minimum Gasteiger partial charge on any atom is -0.355 e. The van der Waals surface area contributed by atoms with E-state index in [1.165, 1.54) is 44.2 Å². The Hall–Kier alpha value is -2.81. The van der Waals surface area contributed by atoms with Crippen LogP contribution >= 0.6 is 0 Å². The van der Waals surface area contributed by atoms with Crippen LogP contribution in [0.2, 0.25) is 0 Å². The van der Waals surface area contributed by atoms with Gasteiger partial charge in [-0.05, 0) is 44.2 Å². The van der Waals surface area contributed by atoms with E-state index in [9.17, 15) is 18.4 Å². The number of aromatic nitrogens is 1. The Kier molecular flexibility index (Phi) is 7.13. The highest BCUT2D eigenvalue weighted by molar-refractivity contribution is 5.94. The maximum Gasteiger partial charge on any atom is 0.273 e. The van der Waals surface area contributed by atoms with Crippen LogP contribution < -0.4 is 5.32 Å². The summed E-state index contributed by atoms with van der Waals surface area (Å²) in [5.41, 5.74) is 0.0339. The van der Waals surface area contributed by atoms with Gasteiger partial charge >= 0.3 is 0 Å². The molecule has 1 saturated carbocycles. The summed E-state index contributed by atoms with van der Waals surface area (Å²) in [5.74, 6) is -2.10. The number of hydrogen-bond donors (Lipinski definition) is 1. The van der Waals surface area contributed by atoms with Crippen molar-refractivity contribution in [2.75, 3.05) is 26.2 Å². The molecule has 2 aliphatic heterocycles. The summed E-state index contributed by atoms with van der Waals surface area (Å²) in [6, 6.07) is 4.68. The summed E-state index contributed by atoms with van der Waals surface area (Å²) in [4.78, 5) is 30.9.